The van der Waals surface area contributed by atoms with E-state index in [-0.39, 0.29) is 0 Å². The van der Waals surface area contributed by atoms with Crippen LogP contribution in [0.5, 0.6) is 0 Å². The molecule has 0 aliphatic carbocycles. The Morgan fingerprint density at radius 2 is 1.71 bits per heavy atom. The fourth-order valence-electron chi connectivity index (χ4n) is 0.872. The lowest BCUT2D eigenvalue weighted by Gasteiger charge is -1.94. The van der Waals surface area contributed by atoms with Gasteiger partial charge in [0.15, 0.2) is 0 Å². The van der Waals surface area contributed by atoms with Crippen molar-refractivity contribution in [2.75, 3.05) is 0 Å². The van der Waals surface area contributed by atoms with E-state index in [9.17, 15) is 0 Å². The lowest BCUT2D eigenvalue weighted by atomic mass is 10.1. The van der Waals surface area contributed by atoms with Gasteiger partial charge >= 0.3 is 0 Å². The van der Waals surface area contributed by atoms with E-state index in [1.54, 1.807) is 6.92 Å². The highest BCUT2D eigenvalue weighted by molar-refractivity contribution is 5.74. The van der Waals surface area contributed by atoms with Gasteiger partial charge in [-0.05, 0) is 37.6 Å². The van der Waals surface area contributed by atoms with E-state index in [4.69, 9.17) is 11.1 Å². The van der Waals surface area contributed by atoms with Gasteiger partial charge in [-0.25, -0.2) is 0 Å². The summed E-state index contributed by atoms with van der Waals surface area (Å²) in [6.45, 7) is 10.1. The summed E-state index contributed by atoms with van der Waals surface area (Å²) in [5.41, 5.74) is 8.51. The van der Waals surface area contributed by atoms with E-state index in [1.165, 1.54) is 23.5 Å². The molecule has 1 aromatic rings. The lowest BCUT2D eigenvalue weighted by molar-refractivity contribution is 1.14. The first-order chi connectivity index (χ1) is 8.13. The van der Waals surface area contributed by atoms with Gasteiger partial charge < -0.3 is 11.1 Å². The van der Waals surface area contributed by atoms with Crippen molar-refractivity contribution in [3.63, 3.8) is 0 Å². The van der Waals surface area contributed by atoms with E-state index in [0.717, 1.165) is 12.0 Å². The number of hydrogen-bond acceptors (Lipinski definition) is 2. The molecule has 0 saturated heterocycles. The highest BCUT2D eigenvalue weighted by Crippen LogP contribution is 2.02. The number of nitrogens with one attached hydrogen (secondary N) is 1. The topological polar surface area (TPSA) is 49.9 Å². The summed E-state index contributed by atoms with van der Waals surface area (Å²) in [4.78, 5) is 0. The number of aryl methyl sites for hydroxylation is 2. The summed E-state index contributed by atoms with van der Waals surface area (Å²) in [5, 5.41) is 6.54. The Kier molecular flexibility index (Phi) is 13.1. The molecule has 1 aromatic carbocycles. The second-order valence-electron chi connectivity index (χ2n) is 3.39. The van der Waals surface area contributed by atoms with Gasteiger partial charge in [-0.3, -0.25) is 0 Å². The van der Waals surface area contributed by atoms with E-state index < -0.39 is 0 Å². The second kappa shape index (κ2) is 12.5. The number of allylic oxidation sites excluding steroid dienone is 1. The molecule has 0 radical (unpaired) electrons. The molecule has 0 aliphatic heterocycles. The second-order valence-corrected chi connectivity index (χ2v) is 3.39. The molecule has 0 atom stereocenters. The zero-order valence-electron chi connectivity index (χ0n) is 11.7. The Morgan fingerprint density at radius 1 is 1.24 bits per heavy atom. The van der Waals surface area contributed by atoms with Crippen LogP contribution in [0, 0.1) is 12.3 Å². The normalized spacial score (nSPS) is 9.35. The number of benzene rings is 1. The molecule has 0 saturated carbocycles. The number of hydrogen-bond donors (Lipinski definition) is 2. The fraction of sp³-hybridized carbons (Fsp3) is 0.400. The van der Waals surface area contributed by atoms with Crippen LogP contribution in [0.25, 0.3) is 0 Å². The minimum atomic E-state index is 0.787. The maximum atomic E-state index is 6.54. The third kappa shape index (κ3) is 10.7. The van der Waals surface area contributed by atoms with E-state index in [2.05, 4.69) is 38.1 Å². The van der Waals surface area contributed by atoms with Crippen molar-refractivity contribution in [1.29, 1.82) is 5.41 Å². The van der Waals surface area contributed by atoms with E-state index in [0.29, 0.717) is 0 Å². The highest BCUT2D eigenvalue weighted by atomic mass is 14.5. The Bertz CT molecular complexity index is 310. The molecule has 96 valence electrons. The maximum Gasteiger partial charge on any atom is 0.0221 e. The summed E-state index contributed by atoms with van der Waals surface area (Å²) in [7, 11) is 0. The Hall–Kier alpha value is -1.57. The minimum absolute atomic E-state index is 0.787. The van der Waals surface area contributed by atoms with Crippen LogP contribution in [0.1, 0.15) is 38.8 Å². The Labute approximate surface area is 106 Å². The van der Waals surface area contributed by atoms with Crippen molar-refractivity contribution in [1.82, 2.24) is 0 Å². The molecular weight excluding hydrogens is 208 g/mol. The van der Waals surface area contributed by atoms with Gasteiger partial charge in [-0.15, -0.1) is 0 Å². The van der Waals surface area contributed by atoms with Crippen LogP contribution in [0.2, 0.25) is 0 Å². The first-order valence-electron chi connectivity index (χ1n) is 6.08. The Balaban J connectivity index is 0. The van der Waals surface area contributed by atoms with Crippen LogP contribution in [0.3, 0.4) is 0 Å². The van der Waals surface area contributed by atoms with Gasteiger partial charge in [0.05, 0.1) is 0 Å². The predicted molar refractivity (Wildman–Crippen MR) is 78.6 cm³/mol. The van der Waals surface area contributed by atoms with Crippen LogP contribution in [0.15, 0.2) is 36.0 Å². The van der Waals surface area contributed by atoms with Gasteiger partial charge in [0, 0.05) is 6.21 Å². The van der Waals surface area contributed by atoms with Crippen LogP contribution in [-0.2, 0) is 6.42 Å². The van der Waals surface area contributed by atoms with Gasteiger partial charge in [0.2, 0.25) is 0 Å². The average Bonchev–Trinajstić information content (AvgIpc) is 2.41. The summed E-state index contributed by atoms with van der Waals surface area (Å²) in [6.07, 6.45) is 3.74. The molecule has 2 heteroatoms. The molecule has 0 heterocycles. The van der Waals surface area contributed by atoms with Crippen molar-refractivity contribution < 1.29 is 0 Å². The quantitative estimate of drug-likeness (QED) is 0.744. The molecule has 0 bridgehead atoms. The Morgan fingerprint density at radius 3 is 1.94 bits per heavy atom. The van der Waals surface area contributed by atoms with Crippen LogP contribution >= 0.6 is 0 Å². The molecular formula is C15H26N2. The minimum Gasteiger partial charge on any atom is -0.404 e. The molecule has 3 N–H and O–H groups in total. The van der Waals surface area contributed by atoms with Crippen LogP contribution in [-0.4, -0.2) is 6.21 Å². The monoisotopic (exact) mass is 234 g/mol. The third-order valence-corrected chi connectivity index (χ3v) is 2.02. The zero-order valence-corrected chi connectivity index (χ0v) is 11.7. The van der Waals surface area contributed by atoms with Crippen molar-refractivity contribution in [2.24, 2.45) is 5.73 Å². The van der Waals surface area contributed by atoms with Gasteiger partial charge in [0.25, 0.3) is 0 Å². The molecule has 0 unspecified atom stereocenters. The average molecular weight is 234 g/mol. The van der Waals surface area contributed by atoms with Crippen molar-refractivity contribution >= 4 is 6.21 Å². The molecule has 0 fully saturated rings. The molecule has 17 heavy (non-hydrogen) atoms. The number of rotatable bonds is 2. The van der Waals surface area contributed by atoms with Crippen LogP contribution < -0.4 is 5.73 Å². The summed E-state index contributed by atoms with van der Waals surface area (Å²) < 4.78 is 0. The highest BCUT2D eigenvalue weighted by Gasteiger charge is 1.84. The summed E-state index contributed by atoms with van der Waals surface area (Å²) >= 11 is 0. The third-order valence-electron chi connectivity index (χ3n) is 2.02. The summed E-state index contributed by atoms with van der Waals surface area (Å²) in [6, 6.07) is 8.66. The smallest absolute Gasteiger partial charge is 0.0221 e. The van der Waals surface area contributed by atoms with Crippen molar-refractivity contribution in [3.8, 4) is 0 Å². The maximum absolute atomic E-state index is 6.54. The van der Waals surface area contributed by atoms with Crippen molar-refractivity contribution in [3.05, 3.63) is 47.2 Å². The van der Waals surface area contributed by atoms with Crippen LogP contribution in [0.4, 0.5) is 0 Å². The molecule has 0 amide bonds. The molecule has 0 aromatic heterocycles. The zero-order chi connectivity index (χ0) is 13.7. The largest absolute Gasteiger partial charge is 0.404 e. The molecule has 2 nitrogen and oxygen atoms in total. The first-order valence-corrected chi connectivity index (χ1v) is 6.08. The standard InChI is InChI=1S/C9H12.C4H8N2.C2H6/c1-3-9-6-4-8(2)5-7-9;1-4(2-5)3-6;1-2/h4-7H,3H2,1-2H3;2-3,5H,6H2,1H3;1-2H3/b;4-3-,5-2?;. The first kappa shape index (κ1) is 17.8. The molecule has 0 aliphatic rings. The van der Waals surface area contributed by atoms with Gasteiger partial charge in [0.1, 0.15) is 0 Å². The molecule has 1 rings (SSSR count). The lowest BCUT2D eigenvalue weighted by Crippen LogP contribution is -1.82. The van der Waals surface area contributed by atoms with Crippen molar-refractivity contribution in [2.45, 2.75) is 41.0 Å². The SMILES string of the molecule is C/C(C=N)=C/N.CC.CCc1ccc(C)cc1. The van der Waals surface area contributed by atoms with E-state index in [1.807, 2.05) is 13.8 Å². The molecule has 0 spiro atoms. The predicted octanol–water partition coefficient (Wildman–Crippen LogP) is 4.08. The van der Waals surface area contributed by atoms with Gasteiger partial charge in [-0.2, -0.15) is 0 Å². The summed E-state index contributed by atoms with van der Waals surface area (Å²) in [5.74, 6) is 0. The fourth-order valence-corrected chi connectivity index (χ4v) is 0.872. The van der Waals surface area contributed by atoms with Gasteiger partial charge in [-0.1, -0.05) is 50.6 Å². The number of nitrogens with two attached hydrogens (primary N) is 1. The van der Waals surface area contributed by atoms with E-state index >= 15 is 0 Å².